The molecule has 186 valence electrons. The quantitative estimate of drug-likeness (QED) is 0.186. The summed E-state index contributed by atoms with van der Waals surface area (Å²) in [4.78, 5) is 26.6. The summed E-state index contributed by atoms with van der Waals surface area (Å²) < 4.78 is 1.80. The lowest BCUT2D eigenvalue weighted by Gasteiger charge is -2.10. The Morgan fingerprint density at radius 1 is 0.737 bits per heavy atom. The fraction of sp³-hybridized carbons (Fsp3) is 0.0606. The van der Waals surface area contributed by atoms with Gasteiger partial charge in [0.1, 0.15) is 0 Å². The summed E-state index contributed by atoms with van der Waals surface area (Å²) in [5.74, 6) is -0.409. The van der Waals surface area contributed by atoms with Crippen molar-refractivity contribution in [3.05, 3.63) is 150 Å². The van der Waals surface area contributed by atoms with Crippen molar-refractivity contribution in [2.45, 2.75) is 13.0 Å². The summed E-state index contributed by atoms with van der Waals surface area (Å²) in [5, 5.41) is 7.84. The molecule has 5 rings (SSSR count). The van der Waals surface area contributed by atoms with Gasteiger partial charge in [-0.15, -0.1) is 0 Å². The van der Waals surface area contributed by atoms with E-state index in [4.69, 9.17) is 5.10 Å². The minimum Gasteiger partial charge on any atom is -0.348 e. The highest BCUT2D eigenvalue weighted by Gasteiger charge is 2.18. The second kappa shape index (κ2) is 11.8. The van der Waals surface area contributed by atoms with Gasteiger partial charge in [-0.3, -0.25) is 9.59 Å². The van der Waals surface area contributed by atoms with Crippen molar-refractivity contribution in [3.63, 3.8) is 0 Å². The SMILES string of the molecule is O=C(NCc1ccccc1)/C(=C/c1cn(-c2ccccc2)nc1-c1ccccc1)CC(=O)c1ccccc1. The van der Waals surface area contributed by atoms with Gasteiger partial charge < -0.3 is 5.32 Å². The van der Waals surface area contributed by atoms with Crippen LogP contribution in [0.3, 0.4) is 0 Å². The molecule has 0 aliphatic carbocycles. The molecule has 0 unspecified atom stereocenters. The lowest BCUT2D eigenvalue weighted by Crippen LogP contribution is -2.25. The standard InChI is InChI=1S/C33H27N3O2/c37-31(26-15-7-2-8-16-26)22-28(33(38)34-23-25-13-5-1-6-14-25)21-29-24-36(30-19-11-4-12-20-30)35-32(29)27-17-9-3-10-18-27/h1-21,24H,22-23H2,(H,34,38)/b28-21+. The maximum absolute atomic E-state index is 13.5. The minimum atomic E-state index is -0.287. The molecule has 0 saturated heterocycles. The van der Waals surface area contributed by atoms with Crippen LogP contribution in [0.5, 0.6) is 0 Å². The highest BCUT2D eigenvalue weighted by molar-refractivity contribution is 6.07. The monoisotopic (exact) mass is 497 g/mol. The molecule has 0 saturated carbocycles. The van der Waals surface area contributed by atoms with E-state index in [1.165, 1.54) is 0 Å². The van der Waals surface area contributed by atoms with Gasteiger partial charge in [-0.2, -0.15) is 5.10 Å². The molecule has 1 heterocycles. The number of aromatic nitrogens is 2. The first-order valence-corrected chi connectivity index (χ1v) is 12.5. The molecule has 4 aromatic carbocycles. The average Bonchev–Trinajstić information content (AvgIpc) is 3.41. The van der Waals surface area contributed by atoms with Crippen LogP contribution in [0.15, 0.2) is 133 Å². The average molecular weight is 498 g/mol. The van der Waals surface area contributed by atoms with E-state index in [1.54, 1.807) is 22.9 Å². The topological polar surface area (TPSA) is 64.0 Å². The van der Waals surface area contributed by atoms with Gasteiger partial charge in [-0.05, 0) is 23.8 Å². The first-order chi connectivity index (χ1) is 18.7. The molecule has 0 radical (unpaired) electrons. The third-order valence-electron chi connectivity index (χ3n) is 6.17. The molecule has 1 amide bonds. The largest absolute Gasteiger partial charge is 0.348 e. The summed E-state index contributed by atoms with van der Waals surface area (Å²) >= 11 is 0. The molecule has 0 aliphatic heterocycles. The molecular formula is C33H27N3O2. The Hall–Kier alpha value is -5.03. The number of carbonyl (C=O) groups excluding carboxylic acids is 2. The van der Waals surface area contributed by atoms with Gasteiger partial charge in [0.25, 0.3) is 0 Å². The summed E-state index contributed by atoms with van der Waals surface area (Å²) in [6.07, 6.45) is 3.65. The van der Waals surface area contributed by atoms with E-state index in [2.05, 4.69) is 5.32 Å². The molecule has 0 atom stereocenters. The van der Waals surface area contributed by atoms with Crippen molar-refractivity contribution in [1.82, 2.24) is 15.1 Å². The molecule has 0 aliphatic rings. The molecule has 38 heavy (non-hydrogen) atoms. The van der Waals surface area contributed by atoms with Crippen molar-refractivity contribution in [2.75, 3.05) is 0 Å². The van der Waals surface area contributed by atoms with Crippen LogP contribution in [-0.2, 0) is 11.3 Å². The lowest BCUT2D eigenvalue weighted by molar-refractivity contribution is -0.117. The zero-order valence-electron chi connectivity index (χ0n) is 20.8. The van der Waals surface area contributed by atoms with Gasteiger partial charge in [0.15, 0.2) is 5.78 Å². The zero-order chi connectivity index (χ0) is 26.2. The van der Waals surface area contributed by atoms with Crippen molar-refractivity contribution in [1.29, 1.82) is 0 Å². The lowest BCUT2D eigenvalue weighted by atomic mass is 9.99. The number of para-hydroxylation sites is 1. The maximum atomic E-state index is 13.5. The first-order valence-electron chi connectivity index (χ1n) is 12.5. The number of hydrogen-bond acceptors (Lipinski definition) is 3. The fourth-order valence-corrected chi connectivity index (χ4v) is 4.20. The summed E-state index contributed by atoms with van der Waals surface area (Å²) in [6, 6.07) is 38.4. The van der Waals surface area contributed by atoms with E-state index >= 15 is 0 Å². The minimum absolute atomic E-state index is 0.0324. The van der Waals surface area contributed by atoms with Gasteiger partial charge in [-0.1, -0.05) is 109 Å². The van der Waals surface area contributed by atoms with Crippen LogP contribution in [0.1, 0.15) is 27.9 Å². The van der Waals surface area contributed by atoms with Crippen LogP contribution in [-0.4, -0.2) is 21.5 Å². The Kier molecular flexibility index (Phi) is 7.66. The van der Waals surface area contributed by atoms with Crippen molar-refractivity contribution in [3.8, 4) is 16.9 Å². The number of benzene rings is 4. The van der Waals surface area contributed by atoms with Crippen LogP contribution < -0.4 is 5.32 Å². The zero-order valence-corrected chi connectivity index (χ0v) is 20.8. The predicted octanol–water partition coefficient (Wildman–Crippen LogP) is 6.51. The van der Waals surface area contributed by atoms with Crippen LogP contribution in [0.4, 0.5) is 0 Å². The number of ketones is 1. The van der Waals surface area contributed by atoms with Crippen molar-refractivity contribution < 1.29 is 9.59 Å². The van der Waals surface area contributed by atoms with E-state index in [-0.39, 0.29) is 18.1 Å². The second-order valence-corrected chi connectivity index (χ2v) is 8.88. The number of nitrogens with zero attached hydrogens (tertiary/aromatic N) is 2. The molecule has 5 heteroatoms. The third-order valence-corrected chi connectivity index (χ3v) is 6.17. The first kappa shape index (κ1) is 24.7. The smallest absolute Gasteiger partial charge is 0.247 e. The van der Waals surface area contributed by atoms with E-state index in [9.17, 15) is 9.59 Å². The Labute approximate surface area is 222 Å². The Morgan fingerprint density at radius 2 is 1.32 bits per heavy atom. The normalized spacial score (nSPS) is 11.2. The number of hydrogen-bond donors (Lipinski definition) is 1. The fourth-order valence-electron chi connectivity index (χ4n) is 4.20. The molecule has 1 aromatic heterocycles. The highest BCUT2D eigenvalue weighted by Crippen LogP contribution is 2.27. The Balaban J connectivity index is 1.54. The molecule has 5 nitrogen and oxygen atoms in total. The van der Waals surface area contributed by atoms with Crippen molar-refractivity contribution >= 4 is 17.8 Å². The van der Waals surface area contributed by atoms with E-state index in [0.717, 1.165) is 28.1 Å². The van der Waals surface area contributed by atoms with Gasteiger partial charge in [0.2, 0.25) is 5.91 Å². The number of amides is 1. The number of carbonyl (C=O) groups is 2. The molecule has 0 spiro atoms. The number of Topliss-reactive ketones (excluding diaryl/α,β-unsaturated/α-hetero) is 1. The van der Waals surface area contributed by atoms with E-state index in [1.807, 2.05) is 115 Å². The van der Waals surface area contributed by atoms with Crippen LogP contribution in [0, 0.1) is 0 Å². The summed E-state index contributed by atoms with van der Waals surface area (Å²) in [6.45, 7) is 0.366. The molecule has 5 aromatic rings. The second-order valence-electron chi connectivity index (χ2n) is 8.88. The van der Waals surface area contributed by atoms with Crippen LogP contribution >= 0.6 is 0 Å². The third kappa shape index (κ3) is 6.02. The molecular weight excluding hydrogens is 470 g/mol. The van der Waals surface area contributed by atoms with Gasteiger partial charge in [-0.25, -0.2) is 4.68 Å². The number of nitrogens with one attached hydrogen (secondary N) is 1. The van der Waals surface area contributed by atoms with Crippen LogP contribution in [0.25, 0.3) is 23.0 Å². The molecule has 0 fully saturated rings. The van der Waals surface area contributed by atoms with E-state index in [0.29, 0.717) is 17.7 Å². The van der Waals surface area contributed by atoms with E-state index < -0.39 is 0 Å². The predicted molar refractivity (Wildman–Crippen MR) is 151 cm³/mol. The maximum Gasteiger partial charge on any atom is 0.247 e. The number of rotatable bonds is 9. The highest BCUT2D eigenvalue weighted by atomic mass is 16.2. The molecule has 1 N–H and O–H groups in total. The Morgan fingerprint density at radius 3 is 1.97 bits per heavy atom. The summed E-state index contributed by atoms with van der Waals surface area (Å²) in [5.41, 5.74) is 5.24. The van der Waals surface area contributed by atoms with Gasteiger partial charge in [0.05, 0.1) is 11.4 Å². The van der Waals surface area contributed by atoms with Crippen LogP contribution in [0.2, 0.25) is 0 Å². The van der Waals surface area contributed by atoms with Crippen molar-refractivity contribution in [2.24, 2.45) is 0 Å². The Bertz CT molecular complexity index is 1540. The van der Waals surface area contributed by atoms with Gasteiger partial charge >= 0.3 is 0 Å². The summed E-state index contributed by atoms with van der Waals surface area (Å²) in [7, 11) is 0. The van der Waals surface area contributed by atoms with Gasteiger partial charge in [0, 0.05) is 41.4 Å². The molecule has 0 bridgehead atoms.